The smallest absolute Gasteiger partial charge is 0.295 e. The number of ether oxygens (including phenoxy) is 3. The molecule has 1 unspecified atom stereocenters. The first kappa shape index (κ1) is 22.8. The van der Waals surface area contributed by atoms with Gasteiger partial charge < -0.3 is 24.2 Å². The maximum absolute atomic E-state index is 13.2. The molecule has 1 saturated heterocycles. The Morgan fingerprint density at radius 1 is 0.941 bits per heavy atom. The molecule has 1 amide bonds. The van der Waals surface area contributed by atoms with Crippen molar-refractivity contribution in [2.75, 3.05) is 21.3 Å². The van der Waals surface area contributed by atoms with Crippen LogP contribution in [0.4, 0.5) is 0 Å². The van der Waals surface area contributed by atoms with E-state index in [1.54, 1.807) is 55.9 Å². The number of aliphatic hydroxyl groups excluding tert-OH is 1. The lowest BCUT2D eigenvalue weighted by atomic mass is 9.96. The molecule has 1 aromatic heterocycles. The van der Waals surface area contributed by atoms with Crippen LogP contribution in [0.1, 0.15) is 22.7 Å². The zero-order valence-corrected chi connectivity index (χ0v) is 19.0. The van der Waals surface area contributed by atoms with Crippen molar-refractivity contribution in [3.05, 3.63) is 89.3 Å². The van der Waals surface area contributed by atoms with Crippen molar-refractivity contribution < 1.29 is 28.9 Å². The van der Waals surface area contributed by atoms with Gasteiger partial charge in [-0.25, -0.2) is 0 Å². The number of Topliss-reactive ketones (excluding diaryl/α,β-unsaturated/α-hetero) is 1. The van der Waals surface area contributed by atoms with Gasteiger partial charge >= 0.3 is 0 Å². The maximum Gasteiger partial charge on any atom is 0.295 e. The molecule has 1 atom stereocenters. The fourth-order valence-corrected chi connectivity index (χ4v) is 4.08. The second-order valence-electron chi connectivity index (χ2n) is 7.59. The summed E-state index contributed by atoms with van der Waals surface area (Å²) in [6.45, 7) is 0.108. The largest absolute Gasteiger partial charge is 0.507 e. The van der Waals surface area contributed by atoms with Crippen LogP contribution < -0.4 is 14.2 Å². The first-order valence-electron chi connectivity index (χ1n) is 10.5. The number of para-hydroxylation sites is 1. The van der Waals surface area contributed by atoms with Crippen LogP contribution in [-0.2, 0) is 16.1 Å². The van der Waals surface area contributed by atoms with Crippen LogP contribution in [0.2, 0.25) is 0 Å². The Bertz CT molecular complexity index is 1260. The average molecular weight is 460 g/mol. The van der Waals surface area contributed by atoms with Crippen molar-refractivity contribution in [3.63, 3.8) is 0 Å². The molecule has 34 heavy (non-hydrogen) atoms. The van der Waals surface area contributed by atoms with Crippen LogP contribution in [-0.4, -0.2) is 48.0 Å². The summed E-state index contributed by atoms with van der Waals surface area (Å²) in [5.74, 6) is -0.366. The first-order valence-corrected chi connectivity index (χ1v) is 10.5. The predicted molar refractivity (Wildman–Crippen MR) is 125 cm³/mol. The third-order valence-electron chi connectivity index (χ3n) is 5.73. The number of hydrogen-bond donors (Lipinski definition) is 1. The zero-order valence-electron chi connectivity index (χ0n) is 19.0. The minimum Gasteiger partial charge on any atom is -0.507 e. The van der Waals surface area contributed by atoms with E-state index in [2.05, 4.69) is 4.98 Å². The first-order chi connectivity index (χ1) is 16.5. The maximum atomic E-state index is 13.2. The van der Waals surface area contributed by atoms with Crippen LogP contribution in [0.3, 0.4) is 0 Å². The Balaban J connectivity index is 1.86. The minimum absolute atomic E-state index is 0.0277. The van der Waals surface area contributed by atoms with E-state index in [1.165, 1.54) is 19.1 Å². The number of nitrogens with zero attached hydrogens (tertiary/aromatic N) is 2. The Kier molecular flexibility index (Phi) is 6.49. The quantitative estimate of drug-likeness (QED) is 0.326. The molecule has 3 aromatic rings. The van der Waals surface area contributed by atoms with E-state index >= 15 is 0 Å². The number of pyridine rings is 1. The number of carbonyl (C=O) groups excluding carboxylic acids is 2. The summed E-state index contributed by atoms with van der Waals surface area (Å²) in [5.41, 5.74) is 1.62. The average Bonchev–Trinajstić information content (AvgIpc) is 3.13. The molecule has 1 fully saturated rings. The molecule has 4 rings (SSSR count). The Morgan fingerprint density at radius 3 is 2.35 bits per heavy atom. The lowest BCUT2D eigenvalue weighted by Crippen LogP contribution is -2.29. The van der Waals surface area contributed by atoms with Gasteiger partial charge in [0.05, 0.1) is 39.5 Å². The minimum atomic E-state index is -0.841. The number of carbonyl (C=O) groups is 2. The molecule has 1 aliphatic heterocycles. The number of methoxy groups -OCH3 is 3. The van der Waals surface area contributed by atoms with E-state index in [-0.39, 0.29) is 17.9 Å². The number of amides is 1. The van der Waals surface area contributed by atoms with Gasteiger partial charge in [0.25, 0.3) is 11.7 Å². The number of hydrogen-bond acceptors (Lipinski definition) is 7. The molecular formula is C26H24N2O6. The van der Waals surface area contributed by atoms with Gasteiger partial charge in [0.15, 0.2) is 11.5 Å². The topological polar surface area (TPSA) is 98.2 Å². The van der Waals surface area contributed by atoms with Gasteiger partial charge in [-0.1, -0.05) is 24.3 Å². The number of benzene rings is 2. The lowest BCUT2D eigenvalue weighted by molar-refractivity contribution is -0.140. The third kappa shape index (κ3) is 4.05. The van der Waals surface area contributed by atoms with E-state index < -0.39 is 17.7 Å². The lowest BCUT2D eigenvalue weighted by Gasteiger charge is -2.25. The zero-order chi connectivity index (χ0) is 24.2. The Hall–Kier alpha value is -4.33. The fraction of sp³-hybridized carbons (Fsp3) is 0.192. The van der Waals surface area contributed by atoms with Gasteiger partial charge in [-0.3, -0.25) is 14.6 Å². The predicted octanol–water partition coefficient (Wildman–Crippen LogP) is 3.73. The number of likely N-dealkylation sites (tertiary alicyclic amines) is 1. The number of ketones is 1. The van der Waals surface area contributed by atoms with E-state index in [9.17, 15) is 14.7 Å². The molecule has 2 aromatic carbocycles. The highest BCUT2D eigenvalue weighted by atomic mass is 16.5. The molecular weight excluding hydrogens is 436 g/mol. The highest BCUT2D eigenvalue weighted by Gasteiger charge is 2.46. The van der Waals surface area contributed by atoms with Gasteiger partial charge in [0.1, 0.15) is 11.5 Å². The number of rotatable bonds is 7. The summed E-state index contributed by atoms with van der Waals surface area (Å²) in [6, 6.07) is 14.7. The molecule has 0 radical (unpaired) electrons. The van der Waals surface area contributed by atoms with Crippen molar-refractivity contribution in [3.8, 4) is 17.2 Å². The molecule has 1 N–H and O–H groups in total. The molecule has 8 heteroatoms. The van der Waals surface area contributed by atoms with Crippen LogP contribution in [0.5, 0.6) is 17.2 Å². The summed E-state index contributed by atoms with van der Waals surface area (Å²) in [4.78, 5) is 32.0. The summed E-state index contributed by atoms with van der Waals surface area (Å²) in [7, 11) is 4.52. The van der Waals surface area contributed by atoms with Gasteiger partial charge in [-0.2, -0.15) is 0 Å². The standard InChI is InChI=1S/C26H24N2O6/c1-32-19-9-5-4-7-18(19)15-28-23(17-8-6-12-27-14-17)22(25(30)26(28)31)24(29)16-10-11-20(33-2)21(13-16)34-3/h4-14,23,29H,15H2,1-3H3/b24-22-. The summed E-state index contributed by atoms with van der Waals surface area (Å²) >= 11 is 0. The molecule has 0 saturated carbocycles. The normalized spacial score (nSPS) is 17.0. The Morgan fingerprint density at radius 2 is 1.68 bits per heavy atom. The van der Waals surface area contributed by atoms with Gasteiger partial charge in [0, 0.05) is 23.5 Å². The fourth-order valence-electron chi connectivity index (χ4n) is 4.08. The second kappa shape index (κ2) is 9.66. The van der Waals surface area contributed by atoms with Crippen LogP contribution in [0.15, 0.2) is 72.6 Å². The molecule has 1 aliphatic rings. The molecule has 0 bridgehead atoms. The molecule has 2 heterocycles. The van der Waals surface area contributed by atoms with Crippen LogP contribution in [0.25, 0.3) is 5.76 Å². The second-order valence-corrected chi connectivity index (χ2v) is 7.59. The van der Waals surface area contributed by atoms with Crippen molar-refractivity contribution in [1.29, 1.82) is 0 Å². The third-order valence-corrected chi connectivity index (χ3v) is 5.73. The molecule has 0 aliphatic carbocycles. The van der Waals surface area contributed by atoms with Crippen molar-refractivity contribution in [2.24, 2.45) is 0 Å². The summed E-state index contributed by atoms with van der Waals surface area (Å²) in [5, 5.41) is 11.2. The number of aromatic nitrogens is 1. The summed E-state index contributed by atoms with van der Waals surface area (Å²) in [6.07, 6.45) is 3.18. The highest BCUT2D eigenvalue weighted by molar-refractivity contribution is 6.46. The van der Waals surface area contributed by atoms with Crippen LogP contribution in [0, 0.1) is 0 Å². The van der Waals surface area contributed by atoms with Crippen LogP contribution >= 0.6 is 0 Å². The molecule has 174 valence electrons. The number of aliphatic hydroxyl groups is 1. The van der Waals surface area contributed by atoms with E-state index in [0.717, 1.165) is 5.56 Å². The Labute approximate surface area is 197 Å². The highest BCUT2D eigenvalue weighted by Crippen LogP contribution is 2.41. The molecule has 8 nitrogen and oxygen atoms in total. The van der Waals surface area contributed by atoms with E-state index in [1.807, 2.05) is 18.2 Å². The van der Waals surface area contributed by atoms with Gasteiger partial charge in [-0.05, 0) is 35.9 Å². The van der Waals surface area contributed by atoms with Crippen molar-refractivity contribution in [2.45, 2.75) is 12.6 Å². The monoisotopic (exact) mass is 460 g/mol. The van der Waals surface area contributed by atoms with Crippen molar-refractivity contribution in [1.82, 2.24) is 9.88 Å². The van der Waals surface area contributed by atoms with E-state index in [0.29, 0.717) is 28.4 Å². The molecule has 0 spiro atoms. The summed E-state index contributed by atoms with van der Waals surface area (Å²) < 4.78 is 16.0. The van der Waals surface area contributed by atoms with E-state index in [4.69, 9.17) is 14.2 Å². The van der Waals surface area contributed by atoms with Gasteiger partial charge in [-0.15, -0.1) is 0 Å². The van der Waals surface area contributed by atoms with Gasteiger partial charge in [0.2, 0.25) is 0 Å². The van der Waals surface area contributed by atoms with Crippen molar-refractivity contribution >= 4 is 17.4 Å². The SMILES string of the molecule is COc1ccccc1CN1C(=O)C(=O)/C(=C(\O)c2ccc(OC)c(OC)c2)C1c1cccnc1.